The topological polar surface area (TPSA) is 21.1 Å². The number of aryl methyl sites for hydroxylation is 1. The van der Waals surface area contributed by atoms with E-state index in [9.17, 15) is 0 Å². The molecule has 1 aliphatic heterocycles. The lowest BCUT2D eigenvalue weighted by molar-refractivity contribution is 0.219. The van der Waals surface area contributed by atoms with E-state index in [1.807, 2.05) is 17.9 Å². The highest BCUT2D eigenvalue weighted by molar-refractivity contribution is 6.18. The number of halogens is 1. The smallest absolute Gasteiger partial charge is 0.0522 e. The molecule has 0 aromatic carbocycles. The Bertz CT molecular complexity index is 337. The summed E-state index contributed by atoms with van der Waals surface area (Å²) in [6, 6.07) is 0.579. The fourth-order valence-electron chi connectivity index (χ4n) is 2.58. The Labute approximate surface area is 109 Å². The molecule has 0 bridgehead atoms. The molecule has 1 aromatic rings. The van der Waals surface area contributed by atoms with Crippen LogP contribution in [-0.4, -0.2) is 39.7 Å². The zero-order valence-corrected chi connectivity index (χ0v) is 11.4. The Kier molecular flexibility index (Phi) is 4.86. The maximum atomic E-state index is 6.08. The van der Waals surface area contributed by atoms with Crippen LogP contribution in [0.4, 0.5) is 0 Å². The van der Waals surface area contributed by atoms with Gasteiger partial charge in [0, 0.05) is 31.7 Å². The number of alkyl halides is 1. The van der Waals surface area contributed by atoms with Crippen LogP contribution >= 0.6 is 11.6 Å². The van der Waals surface area contributed by atoms with Crippen LogP contribution in [0.2, 0.25) is 0 Å². The first-order valence-electron chi connectivity index (χ1n) is 6.57. The van der Waals surface area contributed by atoms with Crippen molar-refractivity contribution < 1.29 is 0 Å². The van der Waals surface area contributed by atoms with E-state index in [0.29, 0.717) is 6.04 Å². The van der Waals surface area contributed by atoms with Gasteiger partial charge in [-0.25, -0.2) is 0 Å². The summed E-state index contributed by atoms with van der Waals surface area (Å²) in [5, 5.41) is 4.21. The van der Waals surface area contributed by atoms with Crippen LogP contribution in [0, 0.1) is 0 Å². The van der Waals surface area contributed by atoms with Crippen molar-refractivity contribution in [1.29, 1.82) is 0 Å². The Morgan fingerprint density at radius 2 is 2.29 bits per heavy atom. The second-order valence-corrected chi connectivity index (χ2v) is 5.27. The molecule has 1 atom stereocenters. The zero-order valence-electron chi connectivity index (χ0n) is 10.6. The van der Waals surface area contributed by atoms with Gasteiger partial charge in [0.05, 0.1) is 6.20 Å². The molecule has 0 spiro atoms. The van der Waals surface area contributed by atoms with Gasteiger partial charge in [-0.1, -0.05) is 12.8 Å². The molecule has 0 N–H and O–H groups in total. The molecular formula is C13H22ClN3. The molecule has 1 fully saturated rings. The molecular weight excluding hydrogens is 234 g/mol. The van der Waals surface area contributed by atoms with Crippen molar-refractivity contribution in [2.75, 3.05) is 19.0 Å². The van der Waals surface area contributed by atoms with Gasteiger partial charge >= 0.3 is 0 Å². The number of rotatable bonds is 4. The largest absolute Gasteiger partial charge is 0.299 e. The summed E-state index contributed by atoms with van der Waals surface area (Å²) in [6.07, 6.45) is 10.4. The van der Waals surface area contributed by atoms with Gasteiger partial charge in [0.15, 0.2) is 0 Å². The zero-order chi connectivity index (χ0) is 12.1. The third-order valence-electron chi connectivity index (χ3n) is 3.62. The maximum absolute atomic E-state index is 6.08. The van der Waals surface area contributed by atoms with Crippen molar-refractivity contribution in [3.05, 3.63) is 18.0 Å². The van der Waals surface area contributed by atoms with Gasteiger partial charge in [-0.15, -0.1) is 11.6 Å². The number of nitrogens with zero attached hydrogens (tertiary/aromatic N) is 3. The molecule has 0 aliphatic carbocycles. The SMILES string of the molecule is Cn1cc(CCN2CCCCCC2CCl)cn1. The van der Waals surface area contributed by atoms with E-state index in [1.54, 1.807) is 0 Å². The van der Waals surface area contributed by atoms with Gasteiger partial charge in [0.25, 0.3) is 0 Å². The molecule has 0 radical (unpaired) electrons. The summed E-state index contributed by atoms with van der Waals surface area (Å²) in [5.74, 6) is 0.771. The highest BCUT2D eigenvalue weighted by Crippen LogP contribution is 2.18. The van der Waals surface area contributed by atoms with Crippen LogP contribution < -0.4 is 0 Å². The molecule has 96 valence electrons. The third kappa shape index (κ3) is 3.71. The molecule has 0 amide bonds. The molecule has 17 heavy (non-hydrogen) atoms. The number of aromatic nitrogens is 2. The van der Waals surface area contributed by atoms with E-state index < -0.39 is 0 Å². The van der Waals surface area contributed by atoms with Crippen LogP contribution in [0.5, 0.6) is 0 Å². The summed E-state index contributed by atoms with van der Waals surface area (Å²) in [6.45, 7) is 2.32. The molecule has 4 heteroatoms. The van der Waals surface area contributed by atoms with Crippen LogP contribution in [0.15, 0.2) is 12.4 Å². The minimum atomic E-state index is 0.579. The van der Waals surface area contributed by atoms with E-state index in [4.69, 9.17) is 11.6 Å². The number of likely N-dealkylation sites (tertiary alicyclic amines) is 1. The minimum absolute atomic E-state index is 0.579. The minimum Gasteiger partial charge on any atom is -0.299 e. The van der Waals surface area contributed by atoms with Crippen molar-refractivity contribution >= 4 is 11.6 Å². The Balaban J connectivity index is 1.87. The van der Waals surface area contributed by atoms with Gasteiger partial charge < -0.3 is 0 Å². The van der Waals surface area contributed by atoms with Gasteiger partial charge in [-0.3, -0.25) is 9.58 Å². The molecule has 1 saturated heterocycles. The molecule has 3 nitrogen and oxygen atoms in total. The Hall–Kier alpha value is -0.540. The summed E-state index contributed by atoms with van der Waals surface area (Å²) >= 11 is 6.08. The van der Waals surface area contributed by atoms with Gasteiger partial charge in [0.2, 0.25) is 0 Å². The fourth-order valence-corrected chi connectivity index (χ4v) is 2.93. The Morgan fingerprint density at radius 1 is 1.41 bits per heavy atom. The quantitative estimate of drug-likeness (QED) is 0.771. The van der Waals surface area contributed by atoms with Crippen LogP contribution in [0.3, 0.4) is 0 Å². The van der Waals surface area contributed by atoms with Gasteiger partial charge in [-0.05, 0) is 31.4 Å². The average molecular weight is 256 g/mol. The summed E-state index contributed by atoms with van der Waals surface area (Å²) in [5.41, 5.74) is 1.32. The van der Waals surface area contributed by atoms with Gasteiger partial charge in [0.1, 0.15) is 0 Å². The fraction of sp³-hybridized carbons (Fsp3) is 0.769. The van der Waals surface area contributed by atoms with Crippen LogP contribution in [0.1, 0.15) is 31.2 Å². The monoisotopic (exact) mass is 255 g/mol. The predicted molar refractivity (Wildman–Crippen MR) is 71.5 cm³/mol. The highest BCUT2D eigenvalue weighted by Gasteiger charge is 2.19. The van der Waals surface area contributed by atoms with Crippen LogP contribution in [0.25, 0.3) is 0 Å². The molecule has 1 unspecified atom stereocenters. The predicted octanol–water partition coefficient (Wildman–Crippen LogP) is 2.45. The van der Waals surface area contributed by atoms with Crippen molar-refractivity contribution in [2.45, 2.75) is 38.1 Å². The Morgan fingerprint density at radius 3 is 3.00 bits per heavy atom. The van der Waals surface area contributed by atoms with E-state index in [-0.39, 0.29) is 0 Å². The molecule has 0 saturated carbocycles. The van der Waals surface area contributed by atoms with E-state index in [1.165, 1.54) is 37.8 Å². The summed E-state index contributed by atoms with van der Waals surface area (Å²) in [4.78, 5) is 2.56. The van der Waals surface area contributed by atoms with Crippen molar-refractivity contribution in [1.82, 2.24) is 14.7 Å². The summed E-state index contributed by atoms with van der Waals surface area (Å²) < 4.78 is 1.87. The molecule has 2 rings (SSSR count). The number of hydrogen-bond donors (Lipinski definition) is 0. The van der Waals surface area contributed by atoms with Crippen LogP contribution in [-0.2, 0) is 13.5 Å². The van der Waals surface area contributed by atoms with E-state index >= 15 is 0 Å². The first-order chi connectivity index (χ1) is 8.29. The second-order valence-electron chi connectivity index (χ2n) is 4.97. The second kappa shape index (κ2) is 6.41. The van der Waals surface area contributed by atoms with E-state index in [0.717, 1.165) is 18.8 Å². The number of hydrogen-bond acceptors (Lipinski definition) is 2. The third-order valence-corrected chi connectivity index (χ3v) is 3.98. The first-order valence-corrected chi connectivity index (χ1v) is 7.10. The van der Waals surface area contributed by atoms with E-state index in [2.05, 4.69) is 16.2 Å². The average Bonchev–Trinajstić information content (AvgIpc) is 2.63. The highest BCUT2D eigenvalue weighted by atomic mass is 35.5. The first kappa shape index (κ1) is 12.9. The normalized spacial score (nSPS) is 22.6. The summed E-state index contributed by atoms with van der Waals surface area (Å²) in [7, 11) is 1.97. The lowest BCUT2D eigenvalue weighted by Crippen LogP contribution is -2.37. The molecule has 1 aliphatic rings. The molecule has 1 aromatic heterocycles. The van der Waals surface area contributed by atoms with Crippen molar-refractivity contribution in [2.24, 2.45) is 7.05 Å². The lowest BCUT2D eigenvalue weighted by Gasteiger charge is -2.28. The van der Waals surface area contributed by atoms with Crippen molar-refractivity contribution in [3.63, 3.8) is 0 Å². The maximum Gasteiger partial charge on any atom is 0.0522 e. The standard InChI is InChI=1S/C13H22ClN3/c1-16-11-12(10-15-16)6-8-17-7-4-2-3-5-13(17)9-14/h10-11,13H,2-9H2,1H3. The molecule has 2 heterocycles. The lowest BCUT2D eigenvalue weighted by atomic mass is 10.1. The van der Waals surface area contributed by atoms with Gasteiger partial charge in [-0.2, -0.15) is 5.10 Å². The van der Waals surface area contributed by atoms with Crippen molar-refractivity contribution in [3.8, 4) is 0 Å².